The lowest BCUT2D eigenvalue weighted by Crippen LogP contribution is -2.23. The standard InChI is InChI=1S/C20H20F3N5O2S/c1-11(2)30-16-10-25-15(8-13(16)20(21,22)23)18-26-17(31-27-18)9-14-12(6-5-7-24-14)19(29)28(3)4/h5-8,10-11H,9H2,1-4H3. The van der Waals surface area contributed by atoms with E-state index in [1.54, 1.807) is 46.3 Å². The molecule has 0 aliphatic heterocycles. The van der Waals surface area contributed by atoms with Gasteiger partial charge in [0.2, 0.25) is 0 Å². The van der Waals surface area contributed by atoms with E-state index in [0.717, 1.165) is 23.8 Å². The third-order valence-electron chi connectivity index (χ3n) is 4.08. The van der Waals surface area contributed by atoms with E-state index >= 15 is 0 Å². The molecule has 31 heavy (non-hydrogen) atoms. The molecule has 0 N–H and O–H groups in total. The molecule has 0 atom stereocenters. The van der Waals surface area contributed by atoms with Crippen molar-refractivity contribution in [3.8, 4) is 17.3 Å². The van der Waals surface area contributed by atoms with Crippen LogP contribution in [0.25, 0.3) is 11.5 Å². The van der Waals surface area contributed by atoms with E-state index in [9.17, 15) is 18.0 Å². The van der Waals surface area contributed by atoms with Gasteiger partial charge in [0.05, 0.1) is 23.6 Å². The van der Waals surface area contributed by atoms with Crippen LogP contribution in [0.4, 0.5) is 13.2 Å². The fourth-order valence-electron chi connectivity index (χ4n) is 2.72. The van der Waals surface area contributed by atoms with Crippen molar-refractivity contribution in [1.29, 1.82) is 0 Å². The number of carbonyl (C=O) groups excluding carboxylic acids is 1. The summed E-state index contributed by atoms with van der Waals surface area (Å²) in [5.74, 6) is -0.481. The van der Waals surface area contributed by atoms with E-state index in [1.165, 1.54) is 4.90 Å². The largest absolute Gasteiger partial charge is 0.489 e. The van der Waals surface area contributed by atoms with Crippen molar-refractivity contribution in [2.45, 2.75) is 32.5 Å². The van der Waals surface area contributed by atoms with Crippen LogP contribution in [0.5, 0.6) is 5.75 Å². The smallest absolute Gasteiger partial charge is 0.420 e. The third kappa shape index (κ3) is 5.35. The van der Waals surface area contributed by atoms with Crippen molar-refractivity contribution < 1.29 is 22.7 Å². The monoisotopic (exact) mass is 451 g/mol. The second-order valence-electron chi connectivity index (χ2n) is 7.12. The van der Waals surface area contributed by atoms with Crippen molar-refractivity contribution in [1.82, 2.24) is 24.2 Å². The number of aromatic nitrogens is 4. The Bertz CT molecular complexity index is 1080. The minimum Gasteiger partial charge on any atom is -0.489 e. The summed E-state index contributed by atoms with van der Waals surface area (Å²) >= 11 is 1.02. The molecule has 0 saturated carbocycles. The van der Waals surface area contributed by atoms with Gasteiger partial charge in [-0.2, -0.15) is 17.5 Å². The number of hydrogen-bond donors (Lipinski definition) is 0. The molecule has 3 rings (SSSR count). The lowest BCUT2D eigenvalue weighted by molar-refractivity contribution is -0.139. The predicted molar refractivity (Wildman–Crippen MR) is 109 cm³/mol. The first-order chi connectivity index (χ1) is 14.6. The Labute approximate surface area is 181 Å². The minimum atomic E-state index is -4.61. The van der Waals surface area contributed by atoms with Crippen LogP contribution < -0.4 is 4.74 Å². The molecule has 0 fully saturated rings. The SMILES string of the molecule is CC(C)Oc1cnc(-c2nsc(Cc3ncccc3C(=O)N(C)C)n2)cc1C(F)(F)F. The van der Waals surface area contributed by atoms with Gasteiger partial charge in [-0.1, -0.05) is 0 Å². The van der Waals surface area contributed by atoms with E-state index in [2.05, 4.69) is 19.3 Å². The molecule has 3 aromatic rings. The molecule has 0 unspecified atom stereocenters. The van der Waals surface area contributed by atoms with Crippen LogP contribution in [0, 0.1) is 0 Å². The van der Waals surface area contributed by atoms with Gasteiger partial charge in [-0.05, 0) is 43.6 Å². The summed E-state index contributed by atoms with van der Waals surface area (Å²) in [4.78, 5) is 26.4. The number of ether oxygens (including phenoxy) is 1. The number of pyridine rings is 2. The van der Waals surface area contributed by atoms with Crippen LogP contribution in [0.3, 0.4) is 0 Å². The summed E-state index contributed by atoms with van der Waals surface area (Å²) in [7, 11) is 3.28. The van der Waals surface area contributed by atoms with Crippen molar-refractivity contribution >= 4 is 17.4 Å². The minimum absolute atomic E-state index is 0.0171. The van der Waals surface area contributed by atoms with Gasteiger partial charge in [0.25, 0.3) is 5.91 Å². The number of carbonyl (C=O) groups is 1. The number of rotatable bonds is 6. The number of nitrogens with zero attached hydrogens (tertiary/aromatic N) is 5. The number of alkyl halides is 3. The normalized spacial score (nSPS) is 11.6. The maximum Gasteiger partial charge on any atom is 0.420 e. The maximum atomic E-state index is 13.5. The molecule has 0 bridgehead atoms. The van der Waals surface area contributed by atoms with Crippen molar-refractivity contribution in [2.75, 3.05) is 14.1 Å². The first-order valence-electron chi connectivity index (χ1n) is 9.28. The van der Waals surface area contributed by atoms with Crippen molar-refractivity contribution in [3.63, 3.8) is 0 Å². The van der Waals surface area contributed by atoms with Crippen LogP contribution in [-0.4, -0.2) is 50.3 Å². The van der Waals surface area contributed by atoms with Gasteiger partial charge < -0.3 is 9.64 Å². The Morgan fingerprint density at radius 1 is 1.26 bits per heavy atom. The number of hydrogen-bond acceptors (Lipinski definition) is 7. The van der Waals surface area contributed by atoms with Gasteiger partial charge in [-0.3, -0.25) is 9.78 Å². The molecule has 0 saturated heterocycles. The highest BCUT2D eigenvalue weighted by Gasteiger charge is 2.36. The van der Waals surface area contributed by atoms with E-state index in [-0.39, 0.29) is 29.6 Å². The van der Waals surface area contributed by atoms with Crippen LogP contribution in [0.15, 0.2) is 30.6 Å². The zero-order valence-corrected chi connectivity index (χ0v) is 18.1. The third-order valence-corrected chi connectivity index (χ3v) is 4.79. The van der Waals surface area contributed by atoms with Crippen LogP contribution >= 0.6 is 11.5 Å². The first kappa shape index (κ1) is 22.6. The maximum absolute atomic E-state index is 13.5. The summed E-state index contributed by atoms with van der Waals surface area (Å²) in [6.07, 6.45) is -2.24. The Morgan fingerprint density at radius 2 is 2.00 bits per heavy atom. The van der Waals surface area contributed by atoms with Crippen molar-refractivity contribution in [2.24, 2.45) is 0 Å². The van der Waals surface area contributed by atoms with Gasteiger partial charge >= 0.3 is 6.18 Å². The summed E-state index contributed by atoms with van der Waals surface area (Å²) in [6, 6.07) is 4.21. The zero-order chi connectivity index (χ0) is 22.8. The Balaban J connectivity index is 1.91. The van der Waals surface area contributed by atoms with Crippen LogP contribution in [0.2, 0.25) is 0 Å². The van der Waals surface area contributed by atoms with Gasteiger partial charge in [0, 0.05) is 26.7 Å². The highest BCUT2D eigenvalue weighted by molar-refractivity contribution is 7.05. The highest BCUT2D eigenvalue weighted by Crippen LogP contribution is 2.38. The topological polar surface area (TPSA) is 81.1 Å². The molecular weight excluding hydrogens is 431 g/mol. The summed E-state index contributed by atoms with van der Waals surface area (Å²) < 4.78 is 49.8. The molecule has 164 valence electrons. The summed E-state index contributed by atoms with van der Waals surface area (Å²) in [5, 5.41) is 0.499. The number of halogens is 3. The van der Waals surface area contributed by atoms with Gasteiger partial charge in [0.15, 0.2) is 5.82 Å². The lowest BCUT2D eigenvalue weighted by Gasteiger charge is -2.16. The molecule has 0 aliphatic rings. The van der Waals surface area contributed by atoms with E-state index < -0.39 is 17.8 Å². The highest BCUT2D eigenvalue weighted by atomic mass is 32.1. The Morgan fingerprint density at radius 3 is 2.65 bits per heavy atom. The molecule has 3 aromatic heterocycles. The molecule has 3 heterocycles. The Hall–Kier alpha value is -3.08. The van der Waals surface area contributed by atoms with E-state index in [1.807, 2.05) is 0 Å². The average Bonchev–Trinajstić information content (AvgIpc) is 3.15. The first-order valence-corrected chi connectivity index (χ1v) is 10.1. The quantitative estimate of drug-likeness (QED) is 0.562. The molecule has 1 amide bonds. The summed E-state index contributed by atoms with van der Waals surface area (Å²) in [6.45, 7) is 3.27. The second kappa shape index (κ2) is 8.96. The summed E-state index contributed by atoms with van der Waals surface area (Å²) in [5.41, 5.74) is -0.0203. The average molecular weight is 451 g/mol. The number of amides is 1. The van der Waals surface area contributed by atoms with Gasteiger partial charge in [0.1, 0.15) is 22.0 Å². The molecule has 0 aliphatic carbocycles. The van der Waals surface area contributed by atoms with Crippen LogP contribution in [0.1, 0.15) is 40.5 Å². The fraction of sp³-hybridized carbons (Fsp3) is 0.350. The molecule has 7 nitrogen and oxygen atoms in total. The zero-order valence-electron chi connectivity index (χ0n) is 17.3. The van der Waals surface area contributed by atoms with Crippen LogP contribution in [-0.2, 0) is 12.6 Å². The molecule has 11 heteroatoms. The lowest BCUT2D eigenvalue weighted by atomic mass is 10.1. The van der Waals surface area contributed by atoms with Crippen molar-refractivity contribution in [3.05, 3.63) is 52.4 Å². The second-order valence-corrected chi connectivity index (χ2v) is 7.95. The van der Waals surface area contributed by atoms with E-state index in [0.29, 0.717) is 16.3 Å². The molecule has 0 spiro atoms. The van der Waals surface area contributed by atoms with Gasteiger partial charge in [-0.25, -0.2) is 9.97 Å². The Kier molecular flexibility index (Phi) is 6.54. The molecular formula is C20H20F3N5O2S. The fourth-order valence-corrected chi connectivity index (χ4v) is 3.38. The molecule has 0 aromatic carbocycles. The van der Waals surface area contributed by atoms with E-state index in [4.69, 9.17) is 4.74 Å². The predicted octanol–water partition coefficient (Wildman–Crippen LogP) is 4.09. The molecule has 0 radical (unpaired) electrons. The van der Waals surface area contributed by atoms with Gasteiger partial charge in [-0.15, -0.1) is 0 Å².